The molecule has 1 aromatic rings. The molecular weight excluding hydrogens is 242 g/mol. The maximum absolute atomic E-state index is 6.08. The minimum Gasteiger partial charge on any atom is -0.493 e. The van der Waals surface area contributed by atoms with Crippen LogP contribution in [0.1, 0.15) is 18.9 Å². The molecule has 106 valence electrons. The highest BCUT2D eigenvalue weighted by atomic mass is 16.6. The summed E-state index contributed by atoms with van der Waals surface area (Å²) in [5, 5.41) is 3.46. The van der Waals surface area contributed by atoms with Gasteiger partial charge in [0.1, 0.15) is 6.10 Å². The van der Waals surface area contributed by atoms with Crippen LogP contribution in [-0.2, 0) is 4.74 Å². The quantitative estimate of drug-likeness (QED) is 0.885. The van der Waals surface area contributed by atoms with Crippen molar-refractivity contribution in [2.75, 3.05) is 26.9 Å². The van der Waals surface area contributed by atoms with Crippen molar-refractivity contribution in [3.8, 4) is 11.5 Å². The summed E-state index contributed by atoms with van der Waals surface area (Å²) >= 11 is 0. The normalized spacial score (nSPS) is 23.1. The zero-order chi connectivity index (χ0) is 13.7. The predicted molar refractivity (Wildman–Crippen MR) is 75.0 cm³/mol. The number of methoxy groups -OCH3 is 1. The monoisotopic (exact) mass is 265 g/mol. The standard InChI is InChI=1S/C15H23NO3/c1-4-16-12-7-8-18-10-15(12)19-13-6-5-11(2)9-14(13)17-3/h5-6,9,12,15-16H,4,7-8,10H2,1-3H3. The van der Waals surface area contributed by atoms with Gasteiger partial charge in [-0.3, -0.25) is 0 Å². The molecule has 0 aliphatic carbocycles. The Bertz CT molecular complexity index is 406. The smallest absolute Gasteiger partial charge is 0.161 e. The summed E-state index contributed by atoms with van der Waals surface area (Å²) in [6.07, 6.45) is 1.01. The lowest BCUT2D eigenvalue weighted by atomic mass is 10.1. The van der Waals surface area contributed by atoms with E-state index in [0.717, 1.165) is 36.6 Å². The summed E-state index contributed by atoms with van der Waals surface area (Å²) < 4.78 is 17.0. The first-order chi connectivity index (χ1) is 9.24. The minimum atomic E-state index is 0.0327. The molecule has 2 atom stereocenters. The molecule has 1 aromatic carbocycles. The third kappa shape index (κ3) is 3.61. The van der Waals surface area contributed by atoms with Crippen molar-refractivity contribution in [3.63, 3.8) is 0 Å². The van der Waals surface area contributed by atoms with Crippen molar-refractivity contribution in [1.29, 1.82) is 0 Å². The van der Waals surface area contributed by atoms with Gasteiger partial charge < -0.3 is 19.5 Å². The second kappa shape index (κ2) is 6.78. The van der Waals surface area contributed by atoms with Crippen molar-refractivity contribution >= 4 is 0 Å². The maximum Gasteiger partial charge on any atom is 0.161 e. The lowest BCUT2D eigenvalue weighted by Crippen LogP contribution is -2.49. The number of ether oxygens (including phenoxy) is 3. The van der Waals surface area contributed by atoms with E-state index in [9.17, 15) is 0 Å². The molecule has 0 spiro atoms. The van der Waals surface area contributed by atoms with Gasteiger partial charge >= 0.3 is 0 Å². The summed E-state index contributed by atoms with van der Waals surface area (Å²) in [7, 11) is 1.67. The molecule has 2 rings (SSSR count). The topological polar surface area (TPSA) is 39.7 Å². The Morgan fingerprint density at radius 2 is 2.21 bits per heavy atom. The van der Waals surface area contributed by atoms with E-state index in [1.807, 2.05) is 25.1 Å². The molecule has 0 saturated carbocycles. The highest BCUT2D eigenvalue weighted by Crippen LogP contribution is 2.30. The predicted octanol–water partition coefficient (Wildman–Crippen LogP) is 2.15. The molecule has 0 radical (unpaired) electrons. The van der Waals surface area contributed by atoms with E-state index in [0.29, 0.717) is 12.6 Å². The average molecular weight is 265 g/mol. The third-order valence-corrected chi connectivity index (χ3v) is 3.37. The highest BCUT2D eigenvalue weighted by Gasteiger charge is 2.27. The number of nitrogens with one attached hydrogen (secondary N) is 1. The van der Waals surface area contributed by atoms with Gasteiger partial charge in [0.05, 0.1) is 13.7 Å². The number of benzene rings is 1. The van der Waals surface area contributed by atoms with E-state index in [4.69, 9.17) is 14.2 Å². The van der Waals surface area contributed by atoms with E-state index in [1.54, 1.807) is 7.11 Å². The van der Waals surface area contributed by atoms with Gasteiger partial charge in [-0.2, -0.15) is 0 Å². The number of aryl methyl sites for hydroxylation is 1. The Balaban J connectivity index is 2.10. The lowest BCUT2D eigenvalue weighted by Gasteiger charge is -2.32. The van der Waals surface area contributed by atoms with Gasteiger partial charge in [-0.15, -0.1) is 0 Å². The Hall–Kier alpha value is -1.26. The van der Waals surface area contributed by atoms with Crippen molar-refractivity contribution in [3.05, 3.63) is 23.8 Å². The van der Waals surface area contributed by atoms with Gasteiger partial charge in [0.2, 0.25) is 0 Å². The van der Waals surface area contributed by atoms with Crippen LogP contribution in [0.2, 0.25) is 0 Å². The van der Waals surface area contributed by atoms with Gasteiger partial charge in [-0.1, -0.05) is 13.0 Å². The molecular formula is C15H23NO3. The van der Waals surface area contributed by atoms with Crippen LogP contribution in [0.5, 0.6) is 11.5 Å². The number of rotatable bonds is 5. The molecule has 4 heteroatoms. The largest absolute Gasteiger partial charge is 0.493 e. The van der Waals surface area contributed by atoms with Crippen molar-refractivity contribution < 1.29 is 14.2 Å². The van der Waals surface area contributed by atoms with E-state index < -0.39 is 0 Å². The first-order valence-corrected chi connectivity index (χ1v) is 6.87. The third-order valence-electron chi connectivity index (χ3n) is 3.37. The molecule has 4 nitrogen and oxygen atoms in total. The first kappa shape index (κ1) is 14.2. The highest BCUT2D eigenvalue weighted by molar-refractivity contribution is 5.42. The molecule has 1 saturated heterocycles. The van der Waals surface area contributed by atoms with Crippen LogP contribution in [0.15, 0.2) is 18.2 Å². The Kier molecular flexibility index (Phi) is 5.05. The van der Waals surface area contributed by atoms with Gasteiger partial charge in [-0.05, 0) is 37.6 Å². The lowest BCUT2D eigenvalue weighted by molar-refractivity contribution is -0.0151. The molecule has 2 unspecified atom stereocenters. The van der Waals surface area contributed by atoms with Crippen LogP contribution in [0.4, 0.5) is 0 Å². The van der Waals surface area contributed by atoms with Gasteiger partial charge in [-0.25, -0.2) is 0 Å². The Labute approximate surface area is 115 Å². The minimum absolute atomic E-state index is 0.0327. The van der Waals surface area contributed by atoms with Crippen LogP contribution >= 0.6 is 0 Å². The number of hydrogen-bond acceptors (Lipinski definition) is 4. The number of hydrogen-bond donors (Lipinski definition) is 1. The molecule has 1 heterocycles. The fourth-order valence-corrected chi connectivity index (χ4v) is 2.36. The Morgan fingerprint density at radius 1 is 1.37 bits per heavy atom. The van der Waals surface area contributed by atoms with Crippen LogP contribution in [-0.4, -0.2) is 39.0 Å². The zero-order valence-electron chi connectivity index (χ0n) is 11.9. The fourth-order valence-electron chi connectivity index (χ4n) is 2.36. The SMILES string of the molecule is CCNC1CCOCC1Oc1ccc(C)cc1OC. The van der Waals surface area contributed by atoms with Crippen molar-refractivity contribution in [2.24, 2.45) is 0 Å². The van der Waals surface area contributed by atoms with E-state index in [1.165, 1.54) is 0 Å². The molecule has 1 fully saturated rings. The summed E-state index contributed by atoms with van der Waals surface area (Å²) in [4.78, 5) is 0. The summed E-state index contributed by atoms with van der Waals surface area (Å²) in [5.74, 6) is 1.56. The molecule has 1 aliphatic heterocycles. The molecule has 0 aromatic heterocycles. The molecule has 1 aliphatic rings. The summed E-state index contributed by atoms with van der Waals surface area (Å²) in [5.41, 5.74) is 1.16. The first-order valence-electron chi connectivity index (χ1n) is 6.87. The van der Waals surface area contributed by atoms with E-state index >= 15 is 0 Å². The van der Waals surface area contributed by atoms with E-state index in [2.05, 4.69) is 12.2 Å². The van der Waals surface area contributed by atoms with Gasteiger partial charge in [0.15, 0.2) is 11.5 Å². The molecule has 0 amide bonds. The number of likely N-dealkylation sites (N-methyl/N-ethyl adjacent to an activating group) is 1. The average Bonchev–Trinajstić information content (AvgIpc) is 2.43. The molecule has 1 N–H and O–H groups in total. The summed E-state index contributed by atoms with van der Waals surface area (Å²) in [6, 6.07) is 6.32. The Morgan fingerprint density at radius 3 is 2.95 bits per heavy atom. The second-order valence-corrected chi connectivity index (χ2v) is 4.84. The molecule has 0 bridgehead atoms. The van der Waals surface area contributed by atoms with E-state index in [-0.39, 0.29) is 6.10 Å². The fraction of sp³-hybridized carbons (Fsp3) is 0.600. The summed E-state index contributed by atoms with van der Waals surface area (Å²) in [6.45, 7) is 6.50. The van der Waals surface area contributed by atoms with Crippen LogP contribution in [0, 0.1) is 6.92 Å². The second-order valence-electron chi connectivity index (χ2n) is 4.84. The van der Waals surface area contributed by atoms with Crippen molar-refractivity contribution in [1.82, 2.24) is 5.32 Å². The molecule has 19 heavy (non-hydrogen) atoms. The van der Waals surface area contributed by atoms with Gasteiger partial charge in [0, 0.05) is 12.6 Å². The van der Waals surface area contributed by atoms with Crippen LogP contribution < -0.4 is 14.8 Å². The zero-order valence-corrected chi connectivity index (χ0v) is 11.9. The van der Waals surface area contributed by atoms with Crippen LogP contribution in [0.25, 0.3) is 0 Å². The van der Waals surface area contributed by atoms with Gasteiger partial charge in [0.25, 0.3) is 0 Å². The van der Waals surface area contributed by atoms with Crippen molar-refractivity contribution in [2.45, 2.75) is 32.4 Å². The van der Waals surface area contributed by atoms with Crippen LogP contribution in [0.3, 0.4) is 0 Å². The maximum atomic E-state index is 6.08.